The SMILES string of the molecule is O=CCC#Cc1csc(CO)c1. The number of carbonyl (C=O) groups is 1. The van der Waals surface area contributed by atoms with Crippen molar-refractivity contribution in [3.05, 3.63) is 21.9 Å². The average molecular weight is 180 g/mol. The van der Waals surface area contributed by atoms with E-state index in [-0.39, 0.29) is 13.0 Å². The van der Waals surface area contributed by atoms with E-state index in [0.717, 1.165) is 16.7 Å². The van der Waals surface area contributed by atoms with Gasteiger partial charge < -0.3 is 9.90 Å². The normalized spacial score (nSPS) is 8.75. The van der Waals surface area contributed by atoms with Gasteiger partial charge in [-0.1, -0.05) is 11.8 Å². The zero-order chi connectivity index (χ0) is 8.81. The van der Waals surface area contributed by atoms with Crippen LogP contribution in [0.1, 0.15) is 16.9 Å². The molecule has 2 nitrogen and oxygen atoms in total. The quantitative estimate of drug-likeness (QED) is 0.548. The van der Waals surface area contributed by atoms with Crippen molar-refractivity contribution in [3.8, 4) is 11.8 Å². The molecule has 0 aliphatic heterocycles. The van der Waals surface area contributed by atoms with Crippen LogP contribution in [0.25, 0.3) is 0 Å². The summed E-state index contributed by atoms with van der Waals surface area (Å²) in [5, 5.41) is 10.6. The maximum atomic E-state index is 9.92. The summed E-state index contributed by atoms with van der Waals surface area (Å²) in [5.41, 5.74) is 0.867. The number of rotatable bonds is 2. The third-order valence-corrected chi connectivity index (χ3v) is 2.15. The lowest BCUT2D eigenvalue weighted by Gasteiger charge is -1.80. The van der Waals surface area contributed by atoms with E-state index in [9.17, 15) is 4.79 Å². The van der Waals surface area contributed by atoms with E-state index < -0.39 is 0 Å². The van der Waals surface area contributed by atoms with Crippen LogP contribution in [0.2, 0.25) is 0 Å². The van der Waals surface area contributed by atoms with E-state index in [0.29, 0.717) is 0 Å². The molecule has 1 rings (SSSR count). The highest BCUT2D eigenvalue weighted by molar-refractivity contribution is 7.10. The minimum Gasteiger partial charge on any atom is -0.391 e. The zero-order valence-electron chi connectivity index (χ0n) is 6.41. The molecule has 12 heavy (non-hydrogen) atoms. The van der Waals surface area contributed by atoms with Gasteiger partial charge in [-0.05, 0) is 6.07 Å². The summed E-state index contributed by atoms with van der Waals surface area (Å²) in [6, 6.07) is 1.82. The maximum Gasteiger partial charge on any atom is 0.131 e. The molecule has 0 fully saturated rings. The molecule has 0 aliphatic rings. The summed E-state index contributed by atoms with van der Waals surface area (Å²) in [5.74, 6) is 5.51. The first kappa shape index (κ1) is 8.98. The predicted molar refractivity (Wildman–Crippen MR) is 47.8 cm³/mol. The van der Waals surface area contributed by atoms with E-state index in [1.807, 2.05) is 11.4 Å². The lowest BCUT2D eigenvalue weighted by atomic mass is 10.3. The molecule has 0 atom stereocenters. The molecule has 0 radical (unpaired) electrons. The lowest BCUT2D eigenvalue weighted by molar-refractivity contribution is -0.107. The molecule has 1 aromatic rings. The number of aliphatic hydroxyl groups excluding tert-OH is 1. The van der Waals surface area contributed by atoms with Crippen LogP contribution in [0.5, 0.6) is 0 Å². The van der Waals surface area contributed by atoms with Gasteiger partial charge >= 0.3 is 0 Å². The Balaban J connectivity index is 2.65. The molecule has 0 saturated carbocycles. The molecule has 62 valence electrons. The highest BCUT2D eigenvalue weighted by Crippen LogP contribution is 2.12. The number of carbonyl (C=O) groups excluding carboxylic acids is 1. The van der Waals surface area contributed by atoms with Crippen LogP contribution in [0, 0.1) is 11.8 Å². The van der Waals surface area contributed by atoms with Gasteiger partial charge in [-0.15, -0.1) is 11.3 Å². The van der Waals surface area contributed by atoms with E-state index in [1.54, 1.807) is 0 Å². The molecule has 0 aliphatic carbocycles. The standard InChI is InChI=1S/C9H8O2S/c10-4-2-1-3-8-5-9(6-11)12-7-8/h4-5,7,11H,2,6H2. The number of thiophene rings is 1. The second-order valence-corrected chi connectivity index (χ2v) is 3.13. The van der Waals surface area contributed by atoms with Crippen LogP contribution in [-0.4, -0.2) is 11.4 Å². The Labute approximate surface area is 74.9 Å². The van der Waals surface area contributed by atoms with Crippen LogP contribution >= 0.6 is 11.3 Å². The summed E-state index contributed by atoms with van der Waals surface area (Å²) >= 11 is 1.47. The van der Waals surface area contributed by atoms with Crippen LogP contribution in [0.4, 0.5) is 0 Å². The van der Waals surface area contributed by atoms with E-state index >= 15 is 0 Å². The van der Waals surface area contributed by atoms with Gasteiger partial charge in [0.15, 0.2) is 0 Å². The summed E-state index contributed by atoms with van der Waals surface area (Å²) in [6.07, 6.45) is 1.04. The minimum absolute atomic E-state index is 0.0556. The molecule has 1 aromatic heterocycles. The van der Waals surface area contributed by atoms with E-state index in [4.69, 9.17) is 5.11 Å². The second kappa shape index (κ2) is 4.70. The van der Waals surface area contributed by atoms with Crippen LogP contribution < -0.4 is 0 Å². The molecule has 0 unspecified atom stereocenters. The molecule has 0 bridgehead atoms. The Morgan fingerprint density at radius 1 is 1.67 bits per heavy atom. The van der Waals surface area contributed by atoms with Crippen molar-refractivity contribution in [3.63, 3.8) is 0 Å². The van der Waals surface area contributed by atoms with Gasteiger partial charge in [-0.25, -0.2) is 0 Å². The minimum atomic E-state index is 0.0556. The fourth-order valence-electron chi connectivity index (χ4n) is 0.724. The Kier molecular flexibility index (Phi) is 3.52. The fraction of sp³-hybridized carbons (Fsp3) is 0.222. The van der Waals surface area contributed by atoms with Crippen LogP contribution in [0.15, 0.2) is 11.4 Å². The lowest BCUT2D eigenvalue weighted by Crippen LogP contribution is -1.72. The van der Waals surface area contributed by atoms with Crippen molar-refractivity contribution in [1.82, 2.24) is 0 Å². The number of hydrogen-bond acceptors (Lipinski definition) is 3. The number of hydrogen-bond donors (Lipinski definition) is 1. The molecular weight excluding hydrogens is 172 g/mol. The Bertz CT molecular complexity index is 317. The fourth-order valence-corrected chi connectivity index (χ4v) is 1.40. The highest BCUT2D eigenvalue weighted by Gasteiger charge is 1.93. The molecule has 0 saturated heterocycles. The van der Waals surface area contributed by atoms with Gasteiger partial charge in [0.05, 0.1) is 13.0 Å². The van der Waals surface area contributed by atoms with Crippen molar-refractivity contribution in [2.75, 3.05) is 0 Å². The zero-order valence-corrected chi connectivity index (χ0v) is 7.23. The maximum absolute atomic E-state index is 9.92. The van der Waals surface area contributed by atoms with Gasteiger partial charge in [-0.3, -0.25) is 0 Å². The summed E-state index contributed by atoms with van der Waals surface area (Å²) < 4.78 is 0. The van der Waals surface area contributed by atoms with Crippen LogP contribution in [0.3, 0.4) is 0 Å². The van der Waals surface area contributed by atoms with Crippen LogP contribution in [-0.2, 0) is 11.4 Å². The Morgan fingerprint density at radius 2 is 2.50 bits per heavy atom. The Morgan fingerprint density at radius 3 is 3.08 bits per heavy atom. The number of aliphatic hydroxyl groups is 1. The van der Waals surface area contributed by atoms with Crippen molar-refractivity contribution < 1.29 is 9.90 Å². The molecule has 0 spiro atoms. The first-order chi connectivity index (χ1) is 5.86. The summed E-state index contributed by atoms with van der Waals surface area (Å²) in [4.78, 5) is 10.8. The van der Waals surface area contributed by atoms with Crippen molar-refractivity contribution in [1.29, 1.82) is 0 Å². The summed E-state index contributed by atoms with van der Waals surface area (Å²) in [6.45, 7) is 0.0556. The molecule has 1 N–H and O–H groups in total. The van der Waals surface area contributed by atoms with Gasteiger partial charge in [-0.2, -0.15) is 0 Å². The molecular formula is C9H8O2S. The van der Waals surface area contributed by atoms with Crippen molar-refractivity contribution in [2.45, 2.75) is 13.0 Å². The molecule has 1 heterocycles. The van der Waals surface area contributed by atoms with Crippen molar-refractivity contribution in [2.24, 2.45) is 0 Å². The molecule has 3 heteroatoms. The monoisotopic (exact) mass is 180 g/mol. The number of aldehydes is 1. The van der Waals surface area contributed by atoms with Crippen molar-refractivity contribution >= 4 is 17.6 Å². The first-order valence-electron chi connectivity index (χ1n) is 3.47. The largest absolute Gasteiger partial charge is 0.391 e. The van der Waals surface area contributed by atoms with E-state index in [1.165, 1.54) is 11.3 Å². The predicted octanol–water partition coefficient (Wildman–Crippen LogP) is 1.18. The molecule has 0 aromatic carbocycles. The average Bonchev–Trinajstić information content (AvgIpc) is 2.53. The second-order valence-electron chi connectivity index (χ2n) is 2.13. The smallest absolute Gasteiger partial charge is 0.131 e. The Hall–Kier alpha value is -1.11. The first-order valence-corrected chi connectivity index (χ1v) is 4.35. The summed E-state index contributed by atoms with van der Waals surface area (Å²) in [7, 11) is 0. The van der Waals surface area contributed by atoms with Gasteiger partial charge in [0.25, 0.3) is 0 Å². The van der Waals surface area contributed by atoms with E-state index in [2.05, 4.69) is 11.8 Å². The van der Waals surface area contributed by atoms with Gasteiger partial charge in [0, 0.05) is 15.8 Å². The highest BCUT2D eigenvalue weighted by atomic mass is 32.1. The van der Waals surface area contributed by atoms with Gasteiger partial charge in [0.1, 0.15) is 6.29 Å². The third kappa shape index (κ3) is 2.50. The van der Waals surface area contributed by atoms with Gasteiger partial charge in [0.2, 0.25) is 0 Å². The topological polar surface area (TPSA) is 37.3 Å². The molecule has 0 amide bonds. The third-order valence-electron chi connectivity index (χ3n) is 1.23.